The molecule has 0 aliphatic carbocycles. The molecule has 0 aliphatic rings. The molecular formula is C12H16ClNO3. The molecule has 0 radical (unpaired) electrons. The first-order chi connectivity index (χ1) is 7.68. The summed E-state index contributed by atoms with van der Waals surface area (Å²) in [5.41, 5.74) is 6.68. The largest absolute Gasteiger partial charge is 0.478 e. The Morgan fingerprint density at radius 1 is 1.41 bits per heavy atom. The van der Waals surface area contributed by atoms with Crippen molar-refractivity contribution in [3.05, 3.63) is 48.0 Å². The third-order valence-corrected chi connectivity index (χ3v) is 1.91. The molecule has 0 amide bonds. The lowest BCUT2D eigenvalue weighted by Gasteiger charge is -2.07. The number of halogens is 1. The molecule has 94 valence electrons. The van der Waals surface area contributed by atoms with Gasteiger partial charge in [0, 0.05) is 12.1 Å². The van der Waals surface area contributed by atoms with E-state index in [0.29, 0.717) is 13.2 Å². The van der Waals surface area contributed by atoms with Gasteiger partial charge in [0.25, 0.3) is 0 Å². The zero-order valence-electron chi connectivity index (χ0n) is 9.28. The van der Waals surface area contributed by atoms with Crippen LogP contribution in [-0.4, -0.2) is 23.7 Å². The zero-order valence-corrected chi connectivity index (χ0v) is 10.1. The maximum atomic E-state index is 10.2. The molecule has 3 N–H and O–H groups in total. The van der Waals surface area contributed by atoms with Gasteiger partial charge in [-0.05, 0) is 5.56 Å². The first kappa shape index (κ1) is 15.6. The lowest BCUT2D eigenvalue weighted by atomic mass is 10.2. The van der Waals surface area contributed by atoms with Crippen LogP contribution in [0, 0.1) is 0 Å². The highest BCUT2D eigenvalue weighted by molar-refractivity contribution is 5.85. The molecule has 0 saturated carbocycles. The summed E-state index contributed by atoms with van der Waals surface area (Å²) < 4.78 is 5.34. The van der Waals surface area contributed by atoms with Gasteiger partial charge in [-0.3, -0.25) is 0 Å². The number of aliphatic carboxylic acids is 1. The number of nitrogens with two attached hydrogens (primary N) is 1. The van der Waals surface area contributed by atoms with Crippen LogP contribution >= 0.6 is 12.4 Å². The van der Waals surface area contributed by atoms with E-state index in [-0.39, 0.29) is 18.4 Å². The van der Waals surface area contributed by atoms with Crippen molar-refractivity contribution in [2.75, 3.05) is 6.61 Å². The minimum Gasteiger partial charge on any atom is -0.478 e. The molecule has 0 bridgehead atoms. The van der Waals surface area contributed by atoms with E-state index in [1.54, 1.807) is 0 Å². The summed E-state index contributed by atoms with van der Waals surface area (Å²) in [5, 5.41) is 8.38. The maximum Gasteiger partial charge on any atom is 0.328 e. The molecule has 0 saturated heterocycles. The van der Waals surface area contributed by atoms with Crippen LogP contribution in [-0.2, 0) is 16.1 Å². The van der Waals surface area contributed by atoms with Crippen molar-refractivity contribution in [1.82, 2.24) is 0 Å². The Labute approximate surface area is 106 Å². The Morgan fingerprint density at radius 3 is 2.65 bits per heavy atom. The lowest BCUT2D eigenvalue weighted by molar-refractivity contribution is -0.131. The number of carbonyl (C=O) groups is 1. The van der Waals surface area contributed by atoms with Crippen molar-refractivity contribution < 1.29 is 14.6 Å². The van der Waals surface area contributed by atoms with E-state index >= 15 is 0 Å². The summed E-state index contributed by atoms with van der Waals surface area (Å²) in [7, 11) is 0. The Kier molecular flexibility index (Phi) is 8.05. The fourth-order valence-corrected chi connectivity index (χ4v) is 1.15. The van der Waals surface area contributed by atoms with Crippen LogP contribution in [0.3, 0.4) is 0 Å². The topological polar surface area (TPSA) is 72.6 Å². The second-order valence-electron chi connectivity index (χ2n) is 3.36. The predicted octanol–water partition coefficient (Wildman–Crippen LogP) is 1.59. The summed E-state index contributed by atoms with van der Waals surface area (Å²) in [6, 6.07) is 9.33. The molecule has 1 rings (SSSR count). The Hall–Kier alpha value is -1.36. The molecule has 5 heteroatoms. The van der Waals surface area contributed by atoms with E-state index in [1.807, 2.05) is 30.3 Å². The SMILES string of the molecule is Cl.NC(/C=C\C(=O)O)COCc1ccccc1. The van der Waals surface area contributed by atoms with Crippen molar-refractivity contribution >= 4 is 18.4 Å². The highest BCUT2D eigenvalue weighted by Gasteiger charge is 1.99. The van der Waals surface area contributed by atoms with Gasteiger partial charge in [-0.1, -0.05) is 36.4 Å². The van der Waals surface area contributed by atoms with E-state index < -0.39 is 5.97 Å². The molecule has 1 unspecified atom stereocenters. The minimum atomic E-state index is -1.00. The molecule has 0 heterocycles. The van der Waals surface area contributed by atoms with Gasteiger partial charge < -0.3 is 15.6 Å². The van der Waals surface area contributed by atoms with Gasteiger partial charge in [0.15, 0.2) is 0 Å². The predicted molar refractivity (Wildman–Crippen MR) is 68.1 cm³/mol. The molecule has 17 heavy (non-hydrogen) atoms. The van der Waals surface area contributed by atoms with Crippen LogP contribution in [0.1, 0.15) is 5.56 Å². The molecule has 0 spiro atoms. The van der Waals surface area contributed by atoms with Crippen LogP contribution in [0.25, 0.3) is 0 Å². The molecule has 0 aliphatic heterocycles. The van der Waals surface area contributed by atoms with E-state index in [9.17, 15) is 4.79 Å². The summed E-state index contributed by atoms with van der Waals surface area (Å²) in [6.07, 6.45) is 2.43. The van der Waals surface area contributed by atoms with Gasteiger partial charge in [-0.25, -0.2) is 4.79 Å². The summed E-state index contributed by atoms with van der Waals surface area (Å²) in [5.74, 6) is -1.00. The van der Waals surface area contributed by atoms with Gasteiger partial charge in [0.2, 0.25) is 0 Å². The fraction of sp³-hybridized carbons (Fsp3) is 0.250. The summed E-state index contributed by atoms with van der Waals surface area (Å²) >= 11 is 0. The van der Waals surface area contributed by atoms with E-state index in [0.717, 1.165) is 11.6 Å². The first-order valence-corrected chi connectivity index (χ1v) is 4.97. The van der Waals surface area contributed by atoms with Crippen LogP contribution < -0.4 is 5.73 Å². The van der Waals surface area contributed by atoms with Crippen molar-refractivity contribution in [1.29, 1.82) is 0 Å². The number of rotatable bonds is 6. The Bertz CT molecular complexity index is 354. The number of carboxylic acids is 1. The smallest absolute Gasteiger partial charge is 0.328 e. The number of benzene rings is 1. The number of hydrogen-bond donors (Lipinski definition) is 2. The summed E-state index contributed by atoms with van der Waals surface area (Å²) in [6.45, 7) is 0.786. The monoisotopic (exact) mass is 257 g/mol. The molecule has 1 atom stereocenters. The van der Waals surface area contributed by atoms with Gasteiger partial charge >= 0.3 is 5.97 Å². The maximum absolute atomic E-state index is 10.2. The van der Waals surface area contributed by atoms with E-state index in [2.05, 4.69) is 0 Å². The second kappa shape index (κ2) is 8.75. The van der Waals surface area contributed by atoms with E-state index in [4.69, 9.17) is 15.6 Å². The van der Waals surface area contributed by atoms with Gasteiger partial charge in [-0.2, -0.15) is 0 Å². The van der Waals surface area contributed by atoms with Crippen molar-refractivity contribution in [3.63, 3.8) is 0 Å². The highest BCUT2D eigenvalue weighted by atomic mass is 35.5. The molecular weight excluding hydrogens is 242 g/mol. The van der Waals surface area contributed by atoms with Gasteiger partial charge in [0.1, 0.15) is 0 Å². The van der Waals surface area contributed by atoms with Crippen molar-refractivity contribution in [2.45, 2.75) is 12.6 Å². The van der Waals surface area contributed by atoms with Crippen LogP contribution in [0.15, 0.2) is 42.5 Å². The quantitative estimate of drug-likeness (QED) is 0.759. The zero-order chi connectivity index (χ0) is 11.8. The fourth-order valence-electron chi connectivity index (χ4n) is 1.15. The van der Waals surface area contributed by atoms with Crippen LogP contribution in [0.5, 0.6) is 0 Å². The Morgan fingerprint density at radius 2 is 2.06 bits per heavy atom. The minimum absolute atomic E-state index is 0. The van der Waals surface area contributed by atoms with E-state index in [1.165, 1.54) is 6.08 Å². The molecule has 0 fully saturated rings. The van der Waals surface area contributed by atoms with Crippen molar-refractivity contribution in [3.8, 4) is 0 Å². The average molecular weight is 258 g/mol. The number of hydrogen-bond acceptors (Lipinski definition) is 3. The standard InChI is InChI=1S/C12H15NO3.ClH/c13-11(6-7-12(14)15)9-16-8-10-4-2-1-3-5-10;/h1-7,11H,8-9,13H2,(H,14,15);1H/b7-6-;. The van der Waals surface area contributed by atoms with Crippen molar-refractivity contribution in [2.24, 2.45) is 5.73 Å². The third kappa shape index (κ3) is 7.52. The first-order valence-electron chi connectivity index (χ1n) is 4.97. The molecule has 0 aromatic heterocycles. The number of ether oxygens (including phenoxy) is 1. The third-order valence-electron chi connectivity index (χ3n) is 1.91. The van der Waals surface area contributed by atoms with Gasteiger partial charge in [0.05, 0.1) is 13.2 Å². The van der Waals surface area contributed by atoms with Crippen LogP contribution in [0.4, 0.5) is 0 Å². The average Bonchev–Trinajstić information content (AvgIpc) is 2.28. The highest BCUT2D eigenvalue weighted by Crippen LogP contribution is 2.00. The number of carboxylic acid groups (broad SMARTS) is 1. The lowest BCUT2D eigenvalue weighted by Crippen LogP contribution is -2.23. The summed E-state index contributed by atoms with van der Waals surface area (Å²) in [4.78, 5) is 10.2. The van der Waals surface area contributed by atoms with Crippen LogP contribution in [0.2, 0.25) is 0 Å². The molecule has 4 nitrogen and oxygen atoms in total. The Balaban J connectivity index is 0.00000256. The normalized spacial score (nSPS) is 12.1. The second-order valence-corrected chi connectivity index (χ2v) is 3.36. The molecule has 1 aromatic carbocycles. The van der Waals surface area contributed by atoms with Gasteiger partial charge in [-0.15, -0.1) is 12.4 Å². The molecule has 1 aromatic rings.